The second kappa shape index (κ2) is 8.05. The third-order valence-electron chi connectivity index (χ3n) is 3.90. The van der Waals surface area contributed by atoms with Gasteiger partial charge in [0.05, 0.1) is 16.8 Å². The first-order valence-corrected chi connectivity index (χ1v) is 9.90. The summed E-state index contributed by atoms with van der Waals surface area (Å²) in [6, 6.07) is 17.5. The smallest absolute Gasteiger partial charge is 0.263 e. The maximum atomic E-state index is 12.7. The number of amides is 1. The third kappa shape index (κ3) is 4.73. The van der Waals surface area contributed by atoms with Crippen molar-refractivity contribution in [2.45, 2.75) is 18.2 Å². The van der Waals surface area contributed by atoms with Crippen LogP contribution in [-0.4, -0.2) is 30.7 Å². The van der Waals surface area contributed by atoms with Gasteiger partial charge in [-0.2, -0.15) is 5.10 Å². The number of benzene rings is 2. The summed E-state index contributed by atoms with van der Waals surface area (Å²) in [5, 5.41) is 6.89. The summed E-state index contributed by atoms with van der Waals surface area (Å²) >= 11 is 0. The highest BCUT2D eigenvalue weighted by Gasteiger charge is 2.17. The van der Waals surface area contributed by atoms with E-state index in [1.54, 1.807) is 30.3 Å². The van der Waals surface area contributed by atoms with Crippen molar-refractivity contribution in [2.75, 3.05) is 11.3 Å². The molecule has 2 aromatic carbocycles. The second-order valence-electron chi connectivity index (χ2n) is 5.95. The van der Waals surface area contributed by atoms with Gasteiger partial charge in [0.2, 0.25) is 5.91 Å². The molecular formula is C19H20N4O3S. The summed E-state index contributed by atoms with van der Waals surface area (Å²) in [6.07, 6.45) is 2.17. The first kappa shape index (κ1) is 18.7. The van der Waals surface area contributed by atoms with E-state index in [4.69, 9.17) is 0 Å². The lowest BCUT2D eigenvalue weighted by molar-refractivity contribution is -0.118. The standard InChI is InChI=1S/C19H20N4O3S/c1-15(24)20-13-11-16-7-9-18(10-8-16)27(25,26)22-19-12-14-21-23(19)17-5-3-2-4-6-17/h2-10,12,14,22H,11,13H2,1H3,(H,20,24). The highest BCUT2D eigenvalue weighted by atomic mass is 32.2. The lowest BCUT2D eigenvalue weighted by Gasteiger charge is -2.11. The van der Waals surface area contributed by atoms with Crippen LogP contribution in [0.2, 0.25) is 0 Å². The van der Waals surface area contributed by atoms with E-state index in [1.165, 1.54) is 17.8 Å². The summed E-state index contributed by atoms with van der Waals surface area (Å²) in [6.45, 7) is 1.97. The van der Waals surface area contributed by atoms with Gasteiger partial charge in [-0.25, -0.2) is 13.1 Å². The van der Waals surface area contributed by atoms with Crippen LogP contribution in [0.1, 0.15) is 12.5 Å². The summed E-state index contributed by atoms with van der Waals surface area (Å²) in [5.41, 5.74) is 1.70. The predicted molar refractivity (Wildman–Crippen MR) is 103 cm³/mol. The number of anilines is 1. The molecule has 1 heterocycles. The first-order valence-electron chi connectivity index (χ1n) is 8.41. The molecule has 0 unspecified atom stereocenters. The zero-order chi connectivity index (χ0) is 19.3. The molecule has 0 atom stereocenters. The van der Waals surface area contributed by atoms with E-state index in [9.17, 15) is 13.2 Å². The van der Waals surface area contributed by atoms with E-state index in [0.29, 0.717) is 18.8 Å². The van der Waals surface area contributed by atoms with Crippen LogP contribution in [-0.2, 0) is 21.2 Å². The molecule has 3 rings (SSSR count). The molecule has 2 N–H and O–H groups in total. The molecule has 0 saturated carbocycles. The van der Waals surface area contributed by atoms with Crippen molar-refractivity contribution in [1.29, 1.82) is 0 Å². The summed E-state index contributed by atoms with van der Waals surface area (Å²) < 4.78 is 29.5. The van der Waals surface area contributed by atoms with Gasteiger partial charge in [-0.05, 0) is 36.2 Å². The number of para-hydroxylation sites is 1. The number of aromatic nitrogens is 2. The number of nitrogens with zero attached hydrogens (tertiary/aromatic N) is 2. The SMILES string of the molecule is CC(=O)NCCc1ccc(S(=O)(=O)Nc2ccnn2-c2ccccc2)cc1. The average Bonchev–Trinajstić information content (AvgIpc) is 3.10. The van der Waals surface area contributed by atoms with Gasteiger partial charge in [0.25, 0.3) is 10.0 Å². The summed E-state index contributed by atoms with van der Waals surface area (Å²) in [4.78, 5) is 11.1. The van der Waals surface area contributed by atoms with Crippen LogP contribution in [0.5, 0.6) is 0 Å². The molecule has 1 aromatic heterocycles. The zero-order valence-electron chi connectivity index (χ0n) is 14.8. The van der Waals surface area contributed by atoms with Crippen LogP contribution in [0.15, 0.2) is 71.8 Å². The van der Waals surface area contributed by atoms with Gasteiger partial charge in [0.15, 0.2) is 0 Å². The maximum Gasteiger partial charge on any atom is 0.263 e. The molecule has 1 amide bonds. The predicted octanol–water partition coefficient (Wildman–Crippen LogP) is 2.35. The molecule has 140 valence electrons. The van der Waals surface area contributed by atoms with E-state index in [0.717, 1.165) is 11.3 Å². The molecule has 27 heavy (non-hydrogen) atoms. The minimum absolute atomic E-state index is 0.0894. The lowest BCUT2D eigenvalue weighted by atomic mass is 10.1. The van der Waals surface area contributed by atoms with Gasteiger partial charge in [0, 0.05) is 19.5 Å². The minimum atomic E-state index is -3.75. The molecule has 0 bridgehead atoms. The Balaban J connectivity index is 1.74. The fourth-order valence-electron chi connectivity index (χ4n) is 2.57. The monoisotopic (exact) mass is 384 g/mol. The Kier molecular flexibility index (Phi) is 5.56. The van der Waals surface area contributed by atoms with Crippen LogP contribution >= 0.6 is 0 Å². The lowest BCUT2D eigenvalue weighted by Crippen LogP contribution is -2.22. The van der Waals surface area contributed by atoms with Gasteiger partial charge >= 0.3 is 0 Å². The van der Waals surface area contributed by atoms with E-state index in [2.05, 4.69) is 15.1 Å². The number of carbonyl (C=O) groups is 1. The van der Waals surface area contributed by atoms with Gasteiger partial charge < -0.3 is 5.32 Å². The van der Waals surface area contributed by atoms with E-state index in [1.807, 2.05) is 30.3 Å². The minimum Gasteiger partial charge on any atom is -0.356 e. The molecular weight excluding hydrogens is 364 g/mol. The van der Waals surface area contributed by atoms with Crippen LogP contribution in [0, 0.1) is 0 Å². The molecule has 0 aliphatic carbocycles. The van der Waals surface area contributed by atoms with E-state index < -0.39 is 10.0 Å². The van der Waals surface area contributed by atoms with Crippen LogP contribution in [0.4, 0.5) is 5.82 Å². The van der Waals surface area contributed by atoms with Crippen molar-refractivity contribution in [3.8, 4) is 5.69 Å². The fourth-order valence-corrected chi connectivity index (χ4v) is 3.61. The van der Waals surface area contributed by atoms with Crippen molar-refractivity contribution in [2.24, 2.45) is 0 Å². The van der Waals surface area contributed by atoms with E-state index >= 15 is 0 Å². The topological polar surface area (TPSA) is 93.1 Å². The van der Waals surface area contributed by atoms with Gasteiger partial charge in [-0.1, -0.05) is 30.3 Å². The molecule has 7 nitrogen and oxygen atoms in total. The Labute approximate surface area is 158 Å². The molecule has 0 spiro atoms. The molecule has 3 aromatic rings. The number of nitrogens with one attached hydrogen (secondary N) is 2. The Bertz CT molecular complexity index is 1010. The van der Waals surface area contributed by atoms with Gasteiger partial charge in [-0.3, -0.25) is 9.52 Å². The number of sulfonamides is 1. The van der Waals surface area contributed by atoms with Crippen molar-refractivity contribution in [3.05, 3.63) is 72.4 Å². The highest BCUT2D eigenvalue weighted by Crippen LogP contribution is 2.19. The molecule has 0 saturated heterocycles. The average molecular weight is 384 g/mol. The molecule has 0 fully saturated rings. The van der Waals surface area contributed by atoms with Gasteiger partial charge in [-0.15, -0.1) is 0 Å². The number of rotatable bonds is 7. The van der Waals surface area contributed by atoms with Gasteiger partial charge in [0.1, 0.15) is 5.82 Å². The van der Waals surface area contributed by atoms with Crippen molar-refractivity contribution in [3.63, 3.8) is 0 Å². The number of carbonyl (C=O) groups excluding carboxylic acids is 1. The van der Waals surface area contributed by atoms with Crippen LogP contribution < -0.4 is 10.0 Å². The molecule has 0 aliphatic heterocycles. The van der Waals surface area contributed by atoms with Crippen LogP contribution in [0.25, 0.3) is 5.69 Å². The first-order chi connectivity index (χ1) is 13.0. The largest absolute Gasteiger partial charge is 0.356 e. The third-order valence-corrected chi connectivity index (χ3v) is 5.27. The van der Waals surface area contributed by atoms with Crippen molar-refractivity contribution >= 4 is 21.7 Å². The maximum absolute atomic E-state index is 12.7. The highest BCUT2D eigenvalue weighted by molar-refractivity contribution is 7.92. The Morgan fingerprint density at radius 1 is 1.04 bits per heavy atom. The summed E-state index contributed by atoms with van der Waals surface area (Å²) in [7, 11) is -3.75. The van der Waals surface area contributed by atoms with Crippen LogP contribution in [0.3, 0.4) is 0 Å². The number of hydrogen-bond donors (Lipinski definition) is 2. The molecule has 0 aliphatic rings. The number of hydrogen-bond acceptors (Lipinski definition) is 4. The summed E-state index contributed by atoms with van der Waals surface area (Å²) in [5.74, 6) is 0.268. The fraction of sp³-hybridized carbons (Fsp3) is 0.158. The Morgan fingerprint density at radius 2 is 1.74 bits per heavy atom. The Hall–Kier alpha value is -3.13. The normalized spacial score (nSPS) is 11.1. The van der Waals surface area contributed by atoms with E-state index in [-0.39, 0.29) is 10.8 Å². The second-order valence-corrected chi connectivity index (χ2v) is 7.63. The quantitative estimate of drug-likeness (QED) is 0.654. The molecule has 0 radical (unpaired) electrons. The van der Waals surface area contributed by atoms with Crippen molar-refractivity contribution in [1.82, 2.24) is 15.1 Å². The molecule has 8 heteroatoms. The van der Waals surface area contributed by atoms with Crippen molar-refractivity contribution < 1.29 is 13.2 Å². The zero-order valence-corrected chi connectivity index (χ0v) is 15.6. The Morgan fingerprint density at radius 3 is 2.41 bits per heavy atom.